The topological polar surface area (TPSA) is 86.2 Å². The minimum absolute atomic E-state index is 0.149. The molecule has 6 heteroatoms. The van der Waals surface area contributed by atoms with E-state index in [9.17, 15) is 14.9 Å². The maximum absolute atomic E-state index is 11.1. The molecule has 0 saturated carbocycles. The van der Waals surface area contributed by atoms with Gasteiger partial charge in [0.05, 0.1) is 11.5 Å². The van der Waals surface area contributed by atoms with Crippen molar-refractivity contribution in [2.45, 2.75) is 0 Å². The van der Waals surface area contributed by atoms with Crippen LogP contribution in [0.15, 0.2) is 18.2 Å². The van der Waals surface area contributed by atoms with E-state index in [2.05, 4.69) is 0 Å². The number of hydrogen-bond acceptors (Lipinski definition) is 4. The van der Waals surface area contributed by atoms with Crippen molar-refractivity contribution < 1.29 is 9.72 Å². The van der Waals surface area contributed by atoms with Crippen LogP contribution in [0.25, 0.3) is 0 Å². The molecule has 1 aromatic carbocycles. The van der Waals surface area contributed by atoms with E-state index in [-0.39, 0.29) is 28.6 Å². The van der Waals surface area contributed by atoms with Crippen molar-refractivity contribution in [3.8, 4) is 0 Å². The van der Waals surface area contributed by atoms with Crippen molar-refractivity contribution in [1.82, 2.24) is 0 Å². The number of nitro groups is 1. The molecule has 0 aliphatic carbocycles. The molecule has 0 atom stereocenters. The molecule has 0 fully saturated rings. The molecule has 0 heterocycles. The normalized spacial score (nSPS) is 9.86. The van der Waals surface area contributed by atoms with E-state index in [0.29, 0.717) is 0 Å². The number of nitro benzene ring substituents is 1. The van der Waals surface area contributed by atoms with Crippen LogP contribution in [-0.4, -0.2) is 17.3 Å². The third kappa shape index (κ3) is 2.27. The zero-order chi connectivity index (χ0) is 10.7. The lowest BCUT2D eigenvalue weighted by atomic mass is 10.1. The zero-order valence-electron chi connectivity index (χ0n) is 7.07. The smallest absolute Gasteiger partial charge is 0.271 e. The molecule has 0 unspecified atom stereocenters. The first-order chi connectivity index (χ1) is 6.54. The van der Waals surface area contributed by atoms with Crippen molar-refractivity contribution >= 4 is 23.1 Å². The molecule has 74 valence electrons. The Morgan fingerprint density at radius 1 is 1.50 bits per heavy atom. The van der Waals surface area contributed by atoms with E-state index in [1.165, 1.54) is 12.1 Å². The van der Waals surface area contributed by atoms with E-state index in [4.69, 9.17) is 17.3 Å². The van der Waals surface area contributed by atoms with E-state index in [1.807, 2.05) is 0 Å². The third-order valence-electron chi connectivity index (χ3n) is 1.60. The molecular weight excluding hydrogens is 208 g/mol. The number of ketones is 1. The quantitative estimate of drug-likeness (QED) is 0.468. The lowest BCUT2D eigenvalue weighted by Crippen LogP contribution is -2.13. The van der Waals surface area contributed by atoms with Gasteiger partial charge >= 0.3 is 0 Å². The molecular formula is C8H7ClN2O3. The van der Waals surface area contributed by atoms with Crippen LogP contribution >= 0.6 is 11.6 Å². The summed E-state index contributed by atoms with van der Waals surface area (Å²) in [5.41, 5.74) is 5.06. The second kappa shape index (κ2) is 4.17. The van der Waals surface area contributed by atoms with E-state index in [1.54, 1.807) is 0 Å². The fourth-order valence-electron chi connectivity index (χ4n) is 0.958. The lowest BCUT2D eigenvalue weighted by molar-refractivity contribution is -0.384. The van der Waals surface area contributed by atoms with Crippen LogP contribution in [0.2, 0.25) is 5.02 Å². The first-order valence-corrected chi connectivity index (χ1v) is 4.10. The number of non-ortho nitro benzene ring substituents is 1. The fraction of sp³-hybridized carbons (Fsp3) is 0.125. The number of nitrogens with zero attached hydrogens (tertiary/aromatic N) is 1. The van der Waals surface area contributed by atoms with Gasteiger partial charge in [-0.15, -0.1) is 0 Å². The predicted molar refractivity (Wildman–Crippen MR) is 51.5 cm³/mol. The van der Waals surface area contributed by atoms with Gasteiger partial charge in [-0.1, -0.05) is 11.6 Å². The number of hydrogen-bond donors (Lipinski definition) is 1. The highest BCUT2D eigenvalue weighted by molar-refractivity contribution is 6.31. The summed E-state index contributed by atoms with van der Waals surface area (Å²) in [5, 5.41) is 10.6. The molecule has 5 nitrogen and oxygen atoms in total. The van der Waals surface area contributed by atoms with Gasteiger partial charge in [0, 0.05) is 22.7 Å². The Bertz CT molecular complexity index is 392. The Morgan fingerprint density at radius 2 is 2.14 bits per heavy atom. The monoisotopic (exact) mass is 214 g/mol. The van der Waals surface area contributed by atoms with Gasteiger partial charge in [-0.3, -0.25) is 14.9 Å². The minimum atomic E-state index is -0.612. The first kappa shape index (κ1) is 10.6. The molecule has 0 bridgehead atoms. The first-order valence-electron chi connectivity index (χ1n) is 3.73. The predicted octanol–water partition coefficient (Wildman–Crippen LogP) is 1.39. The summed E-state index contributed by atoms with van der Waals surface area (Å²) < 4.78 is 0. The second-order valence-corrected chi connectivity index (χ2v) is 3.02. The molecule has 1 aromatic rings. The van der Waals surface area contributed by atoms with Gasteiger partial charge in [0.15, 0.2) is 5.78 Å². The molecule has 0 radical (unpaired) electrons. The van der Waals surface area contributed by atoms with Crippen molar-refractivity contribution in [2.75, 3.05) is 6.54 Å². The van der Waals surface area contributed by atoms with Gasteiger partial charge in [0.25, 0.3) is 5.69 Å². The van der Waals surface area contributed by atoms with Gasteiger partial charge in [0.1, 0.15) is 0 Å². The number of halogens is 1. The minimum Gasteiger partial charge on any atom is -0.324 e. The van der Waals surface area contributed by atoms with E-state index in [0.717, 1.165) is 6.07 Å². The fourth-order valence-corrected chi connectivity index (χ4v) is 1.19. The average Bonchev–Trinajstić information content (AvgIpc) is 2.15. The standard InChI is InChI=1S/C8H7ClN2O3/c9-6-1-5(8(12)4-10)2-7(3-6)11(13)14/h1-3H,4,10H2. The maximum Gasteiger partial charge on any atom is 0.271 e. The van der Waals surface area contributed by atoms with Crippen LogP contribution in [0.4, 0.5) is 5.69 Å². The molecule has 0 aliphatic rings. The Morgan fingerprint density at radius 3 is 2.64 bits per heavy atom. The Labute approximate surface area is 84.6 Å². The molecule has 0 saturated heterocycles. The van der Waals surface area contributed by atoms with Crippen molar-refractivity contribution in [2.24, 2.45) is 5.73 Å². The molecule has 0 aliphatic heterocycles. The number of carbonyl (C=O) groups excluding carboxylic acids is 1. The molecule has 0 spiro atoms. The third-order valence-corrected chi connectivity index (χ3v) is 1.82. The Kier molecular flexibility index (Phi) is 3.16. The number of nitrogens with two attached hydrogens (primary N) is 1. The number of Topliss-reactive ketones (excluding diaryl/α,β-unsaturated/α-hetero) is 1. The van der Waals surface area contributed by atoms with Crippen LogP contribution < -0.4 is 5.73 Å². The number of benzene rings is 1. The average molecular weight is 215 g/mol. The lowest BCUT2D eigenvalue weighted by Gasteiger charge is -1.98. The van der Waals surface area contributed by atoms with Gasteiger partial charge in [0.2, 0.25) is 0 Å². The van der Waals surface area contributed by atoms with E-state index >= 15 is 0 Å². The highest BCUT2D eigenvalue weighted by atomic mass is 35.5. The molecule has 0 aromatic heterocycles. The van der Waals surface area contributed by atoms with Crippen molar-refractivity contribution in [3.63, 3.8) is 0 Å². The molecule has 1 rings (SSSR count). The van der Waals surface area contributed by atoms with Gasteiger partial charge in [-0.2, -0.15) is 0 Å². The van der Waals surface area contributed by atoms with Crippen LogP contribution in [-0.2, 0) is 0 Å². The molecule has 14 heavy (non-hydrogen) atoms. The van der Waals surface area contributed by atoms with E-state index < -0.39 is 4.92 Å². The summed E-state index contributed by atoms with van der Waals surface area (Å²) in [7, 11) is 0. The second-order valence-electron chi connectivity index (χ2n) is 2.58. The zero-order valence-corrected chi connectivity index (χ0v) is 7.82. The van der Waals surface area contributed by atoms with Crippen LogP contribution in [0.5, 0.6) is 0 Å². The summed E-state index contributed by atoms with van der Waals surface area (Å²) >= 11 is 5.60. The number of rotatable bonds is 3. The summed E-state index contributed by atoms with van der Waals surface area (Å²) in [6.07, 6.45) is 0. The van der Waals surface area contributed by atoms with Gasteiger partial charge < -0.3 is 5.73 Å². The van der Waals surface area contributed by atoms with Crippen LogP contribution in [0, 0.1) is 10.1 Å². The highest BCUT2D eigenvalue weighted by Gasteiger charge is 2.12. The Hall–Kier alpha value is -1.46. The SMILES string of the molecule is NCC(=O)c1cc(Cl)cc([N+](=O)[O-])c1. The molecule has 0 amide bonds. The summed E-state index contributed by atoms with van der Waals surface area (Å²) in [6, 6.07) is 3.68. The van der Waals surface area contributed by atoms with Gasteiger partial charge in [-0.25, -0.2) is 0 Å². The largest absolute Gasteiger partial charge is 0.324 e. The summed E-state index contributed by atoms with van der Waals surface area (Å²) in [6.45, 7) is -0.197. The summed E-state index contributed by atoms with van der Waals surface area (Å²) in [5.74, 6) is -0.379. The maximum atomic E-state index is 11.1. The van der Waals surface area contributed by atoms with Crippen molar-refractivity contribution in [3.05, 3.63) is 38.9 Å². The molecule has 2 N–H and O–H groups in total. The Balaban J connectivity index is 3.20. The number of carbonyl (C=O) groups is 1. The van der Waals surface area contributed by atoms with Crippen LogP contribution in [0.1, 0.15) is 10.4 Å². The van der Waals surface area contributed by atoms with Gasteiger partial charge in [-0.05, 0) is 6.07 Å². The van der Waals surface area contributed by atoms with Crippen molar-refractivity contribution in [1.29, 1.82) is 0 Å². The highest BCUT2D eigenvalue weighted by Crippen LogP contribution is 2.20. The summed E-state index contributed by atoms with van der Waals surface area (Å²) in [4.78, 5) is 20.9. The van der Waals surface area contributed by atoms with Crippen LogP contribution in [0.3, 0.4) is 0 Å².